The van der Waals surface area contributed by atoms with Gasteiger partial charge in [-0.2, -0.15) is 0 Å². The number of rotatable bonds is 6. The molecule has 7 heteroatoms. The number of pyridine rings is 1. The molecule has 6 nitrogen and oxygen atoms in total. The van der Waals surface area contributed by atoms with Crippen molar-refractivity contribution in [3.8, 4) is 11.6 Å². The Morgan fingerprint density at radius 3 is 2.77 bits per heavy atom. The third kappa shape index (κ3) is 5.02. The van der Waals surface area contributed by atoms with Gasteiger partial charge in [-0.1, -0.05) is 17.7 Å². The number of nitrogens with two attached hydrogens (primary N) is 1. The van der Waals surface area contributed by atoms with Gasteiger partial charge in [-0.25, -0.2) is 9.98 Å². The van der Waals surface area contributed by atoms with Gasteiger partial charge in [0.05, 0.1) is 18.7 Å². The molecule has 2 aromatic rings. The molecule has 0 saturated heterocycles. The monoisotopic (exact) mass is 374 g/mol. The molecule has 138 valence electrons. The Morgan fingerprint density at radius 1 is 1.31 bits per heavy atom. The third-order valence-corrected chi connectivity index (χ3v) is 4.54. The van der Waals surface area contributed by atoms with Crippen LogP contribution in [0.25, 0.3) is 0 Å². The lowest BCUT2D eigenvalue weighted by molar-refractivity contribution is 0.201. The highest BCUT2D eigenvalue weighted by Crippen LogP contribution is 2.27. The van der Waals surface area contributed by atoms with Crippen LogP contribution in [0, 0.1) is 0 Å². The van der Waals surface area contributed by atoms with Crippen molar-refractivity contribution in [2.45, 2.75) is 38.3 Å². The number of guanidine groups is 1. The number of nitrogens with zero attached hydrogens (tertiary/aromatic N) is 2. The quantitative estimate of drug-likeness (QED) is 0.590. The van der Waals surface area contributed by atoms with Crippen molar-refractivity contribution in [1.82, 2.24) is 4.98 Å². The molecule has 1 aliphatic carbocycles. The Bertz CT molecular complexity index is 759. The van der Waals surface area contributed by atoms with Crippen LogP contribution >= 0.6 is 11.6 Å². The van der Waals surface area contributed by atoms with Gasteiger partial charge < -0.3 is 20.5 Å². The highest BCUT2D eigenvalue weighted by atomic mass is 35.5. The van der Waals surface area contributed by atoms with Crippen LogP contribution in [-0.4, -0.2) is 24.2 Å². The second kappa shape index (κ2) is 8.76. The molecule has 1 fully saturated rings. The summed E-state index contributed by atoms with van der Waals surface area (Å²) < 4.78 is 11.0. The van der Waals surface area contributed by atoms with Crippen molar-refractivity contribution in [1.29, 1.82) is 0 Å². The highest BCUT2D eigenvalue weighted by molar-refractivity contribution is 6.32. The first-order valence-electron chi connectivity index (χ1n) is 8.66. The number of methoxy groups -OCH3 is 1. The van der Waals surface area contributed by atoms with Crippen LogP contribution in [0.5, 0.6) is 11.6 Å². The Morgan fingerprint density at radius 2 is 2.12 bits per heavy atom. The lowest BCUT2D eigenvalue weighted by Gasteiger charge is -2.12. The molecule has 1 saturated carbocycles. The van der Waals surface area contributed by atoms with E-state index in [1.54, 1.807) is 25.4 Å². The first-order valence-corrected chi connectivity index (χ1v) is 9.04. The Hall–Kier alpha value is -2.47. The summed E-state index contributed by atoms with van der Waals surface area (Å²) in [6.07, 6.45) is 6.79. The summed E-state index contributed by atoms with van der Waals surface area (Å²) in [5.41, 5.74) is 7.64. The lowest BCUT2D eigenvalue weighted by Crippen LogP contribution is -2.22. The Balaban J connectivity index is 1.54. The summed E-state index contributed by atoms with van der Waals surface area (Å²) in [7, 11) is 1.57. The van der Waals surface area contributed by atoms with E-state index in [-0.39, 0.29) is 0 Å². The van der Waals surface area contributed by atoms with Crippen LogP contribution in [0.1, 0.15) is 31.2 Å². The number of aromatic nitrogens is 1. The number of hydrogen-bond acceptors (Lipinski definition) is 4. The minimum Gasteiger partial charge on any atom is -0.495 e. The van der Waals surface area contributed by atoms with Gasteiger partial charge in [0.15, 0.2) is 5.96 Å². The number of aliphatic imine (C=N–C) groups is 1. The van der Waals surface area contributed by atoms with Crippen molar-refractivity contribution < 1.29 is 9.47 Å². The maximum atomic E-state index is 6.10. The van der Waals surface area contributed by atoms with E-state index in [1.807, 2.05) is 18.2 Å². The fourth-order valence-corrected chi connectivity index (χ4v) is 3.12. The van der Waals surface area contributed by atoms with E-state index in [1.165, 1.54) is 12.8 Å². The zero-order chi connectivity index (χ0) is 18.4. The Labute approximate surface area is 158 Å². The third-order valence-electron chi connectivity index (χ3n) is 4.24. The van der Waals surface area contributed by atoms with E-state index in [4.69, 9.17) is 26.8 Å². The first-order chi connectivity index (χ1) is 12.6. The molecule has 1 aliphatic rings. The molecule has 0 unspecified atom stereocenters. The molecule has 1 aromatic carbocycles. The van der Waals surface area contributed by atoms with Crippen LogP contribution in [0.15, 0.2) is 41.5 Å². The van der Waals surface area contributed by atoms with E-state index in [9.17, 15) is 0 Å². The zero-order valence-corrected chi connectivity index (χ0v) is 15.5. The minimum atomic E-state index is 0.303. The van der Waals surface area contributed by atoms with Crippen molar-refractivity contribution in [2.24, 2.45) is 10.7 Å². The maximum absolute atomic E-state index is 6.10. The summed E-state index contributed by atoms with van der Waals surface area (Å²) in [6.45, 7) is 0.430. The Kier molecular flexibility index (Phi) is 6.17. The van der Waals surface area contributed by atoms with E-state index < -0.39 is 0 Å². The molecule has 0 radical (unpaired) electrons. The maximum Gasteiger partial charge on any atom is 0.213 e. The van der Waals surface area contributed by atoms with Gasteiger partial charge in [0.2, 0.25) is 5.88 Å². The highest BCUT2D eigenvalue weighted by Gasteiger charge is 2.16. The summed E-state index contributed by atoms with van der Waals surface area (Å²) in [6, 6.07) is 9.17. The lowest BCUT2D eigenvalue weighted by atomic mass is 10.3. The van der Waals surface area contributed by atoms with E-state index in [2.05, 4.69) is 15.3 Å². The zero-order valence-electron chi connectivity index (χ0n) is 14.7. The van der Waals surface area contributed by atoms with E-state index in [0.29, 0.717) is 35.3 Å². The largest absolute Gasteiger partial charge is 0.495 e. The molecule has 3 rings (SSSR count). The van der Waals surface area contributed by atoms with Crippen molar-refractivity contribution in [3.05, 3.63) is 47.1 Å². The van der Waals surface area contributed by atoms with Crippen LogP contribution in [-0.2, 0) is 6.54 Å². The molecule has 0 bridgehead atoms. The van der Waals surface area contributed by atoms with Crippen molar-refractivity contribution in [3.63, 3.8) is 0 Å². The molecule has 0 amide bonds. The molecule has 3 N–H and O–H groups in total. The molecular formula is C19H23ClN4O2. The summed E-state index contributed by atoms with van der Waals surface area (Å²) in [4.78, 5) is 8.67. The second-order valence-corrected chi connectivity index (χ2v) is 6.61. The van der Waals surface area contributed by atoms with Gasteiger partial charge in [-0.05, 0) is 49.4 Å². The van der Waals surface area contributed by atoms with Gasteiger partial charge >= 0.3 is 0 Å². The average Bonchev–Trinajstić information content (AvgIpc) is 3.14. The number of anilines is 1. The fraction of sp³-hybridized carbons (Fsp3) is 0.368. The first kappa shape index (κ1) is 18.3. The summed E-state index contributed by atoms with van der Waals surface area (Å²) in [5, 5.41) is 3.51. The van der Waals surface area contributed by atoms with Gasteiger partial charge in [0, 0.05) is 18.0 Å². The van der Waals surface area contributed by atoms with Crippen LogP contribution in [0.4, 0.5) is 5.69 Å². The van der Waals surface area contributed by atoms with Crippen LogP contribution < -0.4 is 20.5 Å². The topological polar surface area (TPSA) is 81.8 Å². The number of ether oxygens (including phenoxy) is 2. The standard InChI is InChI=1S/C19H23ClN4O2/c1-25-17-8-7-14(10-16(17)20)24-19(21)23-12-13-6-9-18(22-11-13)26-15-4-2-3-5-15/h6-11,15H,2-5,12H2,1H3,(H3,21,23,24). The molecule has 0 spiro atoms. The molecule has 1 aromatic heterocycles. The van der Waals surface area contributed by atoms with Gasteiger partial charge in [0.1, 0.15) is 11.9 Å². The normalized spacial score (nSPS) is 15.1. The molecule has 26 heavy (non-hydrogen) atoms. The summed E-state index contributed by atoms with van der Waals surface area (Å²) >= 11 is 6.10. The van der Waals surface area contributed by atoms with Crippen molar-refractivity contribution in [2.75, 3.05) is 12.4 Å². The predicted molar refractivity (Wildman–Crippen MR) is 104 cm³/mol. The fourth-order valence-electron chi connectivity index (χ4n) is 2.86. The molecule has 0 atom stereocenters. The summed E-state index contributed by atoms with van der Waals surface area (Å²) in [5.74, 6) is 1.58. The minimum absolute atomic E-state index is 0.303. The van der Waals surface area contributed by atoms with Crippen molar-refractivity contribution >= 4 is 23.2 Å². The van der Waals surface area contributed by atoms with E-state index >= 15 is 0 Å². The smallest absolute Gasteiger partial charge is 0.213 e. The predicted octanol–water partition coefficient (Wildman–Crippen LogP) is 3.99. The molecule has 0 aliphatic heterocycles. The number of benzene rings is 1. The molecular weight excluding hydrogens is 352 g/mol. The number of nitrogens with one attached hydrogen (secondary N) is 1. The van der Waals surface area contributed by atoms with Crippen LogP contribution in [0.2, 0.25) is 5.02 Å². The second-order valence-electron chi connectivity index (χ2n) is 6.20. The van der Waals surface area contributed by atoms with Gasteiger partial charge in [0.25, 0.3) is 0 Å². The van der Waals surface area contributed by atoms with Gasteiger partial charge in [-0.3, -0.25) is 0 Å². The average molecular weight is 375 g/mol. The number of hydrogen-bond donors (Lipinski definition) is 2. The molecule has 1 heterocycles. The number of halogens is 1. The SMILES string of the molecule is COc1ccc(NC(N)=NCc2ccc(OC3CCCC3)nc2)cc1Cl. The van der Waals surface area contributed by atoms with Gasteiger partial charge in [-0.15, -0.1) is 0 Å². The van der Waals surface area contributed by atoms with Crippen LogP contribution in [0.3, 0.4) is 0 Å². The van der Waals surface area contributed by atoms with E-state index in [0.717, 1.165) is 24.1 Å².